The average Bonchev–Trinajstić information content (AvgIpc) is 2.28. The zero-order valence-electron chi connectivity index (χ0n) is 12.0. The van der Waals surface area contributed by atoms with Crippen molar-refractivity contribution in [3.05, 3.63) is 0 Å². The van der Waals surface area contributed by atoms with Gasteiger partial charge in [-0.15, -0.1) is 0 Å². The van der Waals surface area contributed by atoms with Crippen LogP contribution in [-0.2, 0) is 9.53 Å². The van der Waals surface area contributed by atoms with Gasteiger partial charge >= 0.3 is 12.0 Å². The van der Waals surface area contributed by atoms with E-state index in [4.69, 9.17) is 9.84 Å². The van der Waals surface area contributed by atoms with Gasteiger partial charge in [0.15, 0.2) is 0 Å². The fourth-order valence-corrected chi connectivity index (χ4v) is 1.70. The summed E-state index contributed by atoms with van der Waals surface area (Å²) in [6, 6.07) is -1.33. The van der Waals surface area contributed by atoms with Gasteiger partial charge in [0.05, 0.1) is 12.2 Å². The first-order chi connectivity index (χ1) is 8.76. The molecule has 2 amide bonds. The lowest BCUT2D eigenvalue weighted by Crippen LogP contribution is -2.47. The molecule has 0 rings (SSSR count). The number of aliphatic carboxylic acids is 1. The molecule has 6 nitrogen and oxygen atoms in total. The second-order valence-electron chi connectivity index (χ2n) is 5.03. The van der Waals surface area contributed by atoms with Crippen LogP contribution in [0.15, 0.2) is 0 Å². The van der Waals surface area contributed by atoms with Crippen LogP contribution in [0.5, 0.6) is 0 Å². The van der Waals surface area contributed by atoms with Crippen molar-refractivity contribution in [1.82, 2.24) is 10.6 Å². The average molecular weight is 292 g/mol. The van der Waals surface area contributed by atoms with Gasteiger partial charge < -0.3 is 20.5 Å². The van der Waals surface area contributed by atoms with E-state index in [9.17, 15) is 9.59 Å². The van der Waals surface area contributed by atoms with Crippen LogP contribution in [0, 0.1) is 0 Å². The molecular weight excluding hydrogens is 268 g/mol. The van der Waals surface area contributed by atoms with Gasteiger partial charge in [-0.25, -0.2) is 9.59 Å². The lowest BCUT2D eigenvalue weighted by atomic mass is 10.2. The number of rotatable bonds is 8. The molecule has 0 aliphatic carbocycles. The minimum Gasteiger partial charge on any atom is -0.480 e. The van der Waals surface area contributed by atoms with E-state index in [0.29, 0.717) is 25.3 Å². The van der Waals surface area contributed by atoms with Crippen molar-refractivity contribution in [3.63, 3.8) is 0 Å². The third kappa shape index (κ3) is 10.6. The third-order valence-electron chi connectivity index (χ3n) is 2.14. The second-order valence-corrected chi connectivity index (χ2v) is 6.02. The molecule has 1 atom stereocenters. The summed E-state index contributed by atoms with van der Waals surface area (Å²) in [4.78, 5) is 22.4. The molecule has 19 heavy (non-hydrogen) atoms. The number of amides is 2. The van der Waals surface area contributed by atoms with Crippen LogP contribution in [0.1, 0.15) is 27.2 Å². The number of carbonyl (C=O) groups excluding carboxylic acids is 1. The maximum Gasteiger partial charge on any atom is 0.326 e. The summed E-state index contributed by atoms with van der Waals surface area (Å²) < 4.78 is 5.43. The molecule has 0 heterocycles. The van der Waals surface area contributed by atoms with Crippen molar-refractivity contribution < 1.29 is 19.4 Å². The van der Waals surface area contributed by atoms with E-state index in [2.05, 4.69) is 10.6 Å². The first kappa shape index (κ1) is 18.0. The summed E-state index contributed by atoms with van der Waals surface area (Å²) in [6.07, 6.45) is 2.30. The third-order valence-corrected chi connectivity index (χ3v) is 2.78. The highest BCUT2D eigenvalue weighted by Gasteiger charge is 2.19. The molecule has 0 aromatic carbocycles. The Kier molecular flexibility index (Phi) is 8.58. The van der Waals surface area contributed by atoms with Crippen LogP contribution in [0.4, 0.5) is 4.79 Å². The smallest absolute Gasteiger partial charge is 0.326 e. The van der Waals surface area contributed by atoms with Crippen LogP contribution in [0.3, 0.4) is 0 Å². The minimum atomic E-state index is -1.02. The van der Waals surface area contributed by atoms with Gasteiger partial charge in [0.1, 0.15) is 6.04 Å². The Morgan fingerprint density at radius 1 is 1.37 bits per heavy atom. The normalized spacial score (nSPS) is 12.8. The number of urea groups is 1. The number of ether oxygens (including phenoxy) is 1. The van der Waals surface area contributed by atoms with E-state index < -0.39 is 18.0 Å². The Balaban J connectivity index is 3.90. The van der Waals surface area contributed by atoms with Crippen molar-refractivity contribution in [2.24, 2.45) is 0 Å². The quantitative estimate of drug-likeness (QED) is 0.587. The number of carboxylic acids is 1. The van der Waals surface area contributed by atoms with Gasteiger partial charge in [-0.3, -0.25) is 0 Å². The van der Waals surface area contributed by atoms with E-state index in [0.717, 1.165) is 0 Å². The number of carbonyl (C=O) groups is 2. The topological polar surface area (TPSA) is 87.7 Å². The Labute approximate surface area is 118 Å². The van der Waals surface area contributed by atoms with Gasteiger partial charge in [0.25, 0.3) is 0 Å². The molecule has 0 fully saturated rings. The van der Waals surface area contributed by atoms with Gasteiger partial charge in [-0.2, -0.15) is 11.8 Å². The van der Waals surface area contributed by atoms with Crippen LogP contribution >= 0.6 is 11.8 Å². The molecule has 0 aliphatic heterocycles. The van der Waals surface area contributed by atoms with Gasteiger partial charge in [-0.1, -0.05) is 0 Å². The lowest BCUT2D eigenvalue weighted by molar-refractivity contribution is -0.139. The number of thioether (sulfide) groups is 1. The summed E-state index contributed by atoms with van der Waals surface area (Å²) in [5.74, 6) is -0.333. The lowest BCUT2D eigenvalue weighted by Gasteiger charge is -2.20. The van der Waals surface area contributed by atoms with Crippen molar-refractivity contribution in [2.45, 2.75) is 38.8 Å². The highest BCUT2D eigenvalue weighted by Crippen LogP contribution is 2.05. The zero-order chi connectivity index (χ0) is 14.9. The maximum atomic E-state index is 11.5. The van der Waals surface area contributed by atoms with E-state index in [1.807, 2.05) is 27.0 Å². The maximum absolute atomic E-state index is 11.5. The standard InChI is InChI=1S/C12H24N2O4S/c1-12(2,3)18-7-6-13-11(17)14-9(10(15)16)5-8-19-4/h9H,5-8H2,1-4H3,(H,15,16)(H2,13,14,17). The molecule has 1 unspecified atom stereocenters. The first-order valence-corrected chi connectivity index (χ1v) is 7.55. The Morgan fingerprint density at radius 2 is 2.00 bits per heavy atom. The van der Waals surface area contributed by atoms with Crippen LogP contribution in [0.25, 0.3) is 0 Å². The number of nitrogens with one attached hydrogen (secondary N) is 2. The fourth-order valence-electron chi connectivity index (χ4n) is 1.22. The van der Waals surface area contributed by atoms with Gasteiger partial charge in [0, 0.05) is 6.54 Å². The fraction of sp³-hybridized carbons (Fsp3) is 0.833. The van der Waals surface area contributed by atoms with Gasteiger partial charge in [0.2, 0.25) is 0 Å². The van der Waals surface area contributed by atoms with Crippen molar-refractivity contribution in [1.29, 1.82) is 0 Å². The summed E-state index contributed by atoms with van der Waals surface area (Å²) >= 11 is 1.54. The first-order valence-electron chi connectivity index (χ1n) is 6.16. The van der Waals surface area contributed by atoms with E-state index in [1.54, 1.807) is 11.8 Å². The van der Waals surface area contributed by atoms with Crippen LogP contribution in [0.2, 0.25) is 0 Å². The molecule has 0 aromatic rings. The van der Waals surface area contributed by atoms with Crippen molar-refractivity contribution in [3.8, 4) is 0 Å². The molecule has 0 spiro atoms. The molecule has 112 valence electrons. The summed E-state index contributed by atoms with van der Waals surface area (Å²) in [5.41, 5.74) is -0.250. The number of hydrogen-bond acceptors (Lipinski definition) is 4. The highest BCUT2D eigenvalue weighted by atomic mass is 32.2. The monoisotopic (exact) mass is 292 g/mol. The predicted molar refractivity (Wildman–Crippen MR) is 76.7 cm³/mol. The Bertz CT molecular complexity index is 292. The SMILES string of the molecule is CSCCC(NC(=O)NCCOC(C)(C)C)C(=O)O. The molecule has 0 saturated heterocycles. The molecule has 0 saturated carbocycles. The van der Waals surface area contributed by atoms with Crippen LogP contribution in [-0.4, -0.2) is 53.9 Å². The summed E-state index contributed by atoms with van der Waals surface area (Å²) in [5, 5.41) is 14.0. The number of carboxylic acid groups (broad SMARTS) is 1. The van der Waals surface area contributed by atoms with E-state index >= 15 is 0 Å². The highest BCUT2D eigenvalue weighted by molar-refractivity contribution is 7.98. The molecule has 0 aliphatic rings. The summed E-state index contributed by atoms with van der Waals surface area (Å²) in [6.45, 7) is 6.51. The molecule has 0 radical (unpaired) electrons. The van der Waals surface area contributed by atoms with Crippen molar-refractivity contribution >= 4 is 23.8 Å². The molecular formula is C12H24N2O4S. The van der Waals surface area contributed by atoms with E-state index in [-0.39, 0.29) is 5.60 Å². The Hall–Kier alpha value is -0.950. The zero-order valence-corrected chi connectivity index (χ0v) is 12.8. The molecule has 0 bridgehead atoms. The second kappa shape index (κ2) is 9.03. The van der Waals surface area contributed by atoms with Gasteiger partial charge in [-0.05, 0) is 39.2 Å². The predicted octanol–water partition coefficient (Wildman–Crippen LogP) is 1.31. The Morgan fingerprint density at radius 3 is 2.47 bits per heavy atom. The minimum absolute atomic E-state index is 0.250. The molecule has 3 N–H and O–H groups in total. The largest absolute Gasteiger partial charge is 0.480 e. The molecule has 0 aromatic heterocycles. The molecule has 7 heteroatoms. The van der Waals surface area contributed by atoms with Crippen molar-refractivity contribution in [2.75, 3.05) is 25.2 Å². The van der Waals surface area contributed by atoms with Crippen LogP contribution < -0.4 is 10.6 Å². The number of hydrogen-bond donors (Lipinski definition) is 3. The summed E-state index contributed by atoms with van der Waals surface area (Å²) in [7, 11) is 0. The van der Waals surface area contributed by atoms with E-state index in [1.165, 1.54) is 0 Å².